The topological polar surface area (TPSA) is 36.5 Å². The molecule has 16 heavy (non-hydrogen) atoms. The van der Waals surface area contributed by atoms with E-state index in [-0.39, 0.29) is 0 Å². The molecule has 4 heteroatoms. The maximum absolute atomic E-state index is 5.51. The van der Waals surface area contributed by atoms with Gasteiger partial charge in [-0.2, -0.15) is 0 Å². The molecule has 0 amide bonds. The highest BCUT2D eigenvalue weighted by molar-refractivity contribution is 4.76. The fourth-order valence-corrected chi connectivity index (χ4v) is 2.63. The summed E-state index contributed by atoms with van der Waals surface area (Å²) in [5, 5.41) is 5.81. The summed E-state index contributed by atoms with van der Waals surface area (Å²) in [7, 11) is 0. The van der Waals surface area contributed by atoms with Crippen LogP contribution in [0.15, 0.2) is 0 Å². The van der Waals surface area contributed by atoms with Crippen LogP contribution in [-0.2, 0) is 4.74 Å². The third kappa shape index (κ3) is 3.42. The normalized spacial score (nSPS) is 29.4. The van der Waals surface area contributed by atoms with Crippen LogP contribution in [0, 0.1) is 0 Å². The lowest BCUT2D eigenvalue weighted by molar-refractivity contribution is -0.0559. The number of nitrogens with one attached hydrogen (secondary N) is 2. The number of hydrogen-bond donors (Lipinski definition) is 2. The average molecular weight is 227 g/mol. The second kappa shape index (κ2) is 6.55. The first-order valence-corrected chi connectivity index (χ1v) is 6.74. The highest BCUT2D eigenvalue weighted by Gasteiger charge is 2.24. The van der Waals surface area contributed by atoms with Gasteiger partial charge in [-0.15, -0.1) is 0 Å². The van der Waals surface area contributed by atoms with Gasteiger partial charge in [0.1, 0.15) is 0 Å². The fraction of sp³-hybridized carbons (Fsp3) is 1.00. The molecule has 0 aromatic rings. The molecule has 1 heterocycles. The molecule has 1 aliphatic heterocycles. The molecule has 94 valence electrons. The molecule has 0 aromatic carbocycles. The van der Waals surface area contributed by atoms with E-state index < -0.39 is 0 Å². The molecule has 0 aromatic heterocycles. The lowest BCUT2D eigenvalue weighted by Gasteiger charge is -2.39. The number of morpholine rings is 1. The zero-order chi connectivity index (χ0) is 11.2. The second-order valence-corrected chi connectivity index (χ2v) is 4.81. The Labute approximate surface area is 98.7 Å². The van der Waals surface area contributed by atoms with Crippen LogP contribution in [0.1, 0.15) is 39.0 Å². The van der Waals surface area contributed by atoms with E-state index in [1.165, 1.54) is 32.1 Å². The van der Waals surface area contributed by atoms with Gasteiger partial charge in [-0.3, -0.25) is 10.7 Å². The molecule has 1 saturated carbocycles. The van der Waals surface area contributed by atoms with Crippen LogP contribution in [0.25, 0.3) is 0 Å². The standard InChI is InChI=1S/C12H25N3O/c1-2-13-12-10-16-9-8-15(12)14-11-6-4-3-5-7-11/h11-14H,2-10H2,1H3. The quantitative estimate of drug-likeness (QED) is 0.754. The predicted octanol–water partition coefficient (Wildman–Crippen LogP) is 1.09. The van der Waals surface area contributed by atoms with Gasteiger partial charge in [-0.05, 0) is 19.4 Å². The maximum Gasteiger partial charge on any atom is 0.0970 e. The summed E-state index contributed by atoms with van der Waals surface area (Å²) >= 11 is 0. The minimum atomic E-state index is 0.348. The highest BCUT2D eigenvalue weighted by atomic mass is 16.5. The summed E-state index contributed by atoms with van der Waals surface area (Å²) in [6, 6.07) is 0.688. The molecular formula is C12H25N3O. The van der Waals surface area contributed by atoms with Gasteiger partial charge in [-0.25, -0.2) is 5.01 Å². The molecule has 2 N–H and O–H groups in total. The van der Waals surface area contributed by atoms with Crippen molar-refractivity contribution in [1.82, 2.24) is 15.8 Å². The zero-order valence-electron chi connectivity index (χ0n) is 10.4. The van der Waals surface area contributed by atoms with Crippen LogP contribution < -0.4 is 10.7 Å². The summed E-state index contributed by atoms with van der Waals surface area (Å²) in [6.07, 6.45) is 7.19. The number of nitrogens with zero attached hydrogens (tertiary/aromatic N) is 1. The number of ether oxygens (including phenoxy) is 1. The van der Waals surface area contributed by atoms with Gasteiger partial charge < -0.3 is 4.74 Å². The number of likely N-dealkylation sites (N-methyl/N-ethyl adjacent to an activating group) is 1. The average Bonchev–Trinajstić information content (AvgIpc) is 2.33. The first kappa shape index (κ1) is 12.3. The first-order chi connectivity index (χ1) is 7.90. The van der Waals surface area contributed by atoms with E-state index in [1.54, 1.807) is 0 Å². The first-order valence-electron chi connectivity index (χ1n) is 6.74. The Bertz CT molecular complexity index is 193. The van der Waals surface area contributed by atoms with Crippen LogP contribution in [0.5, 0.6) is 0 Å². The zero-order valence-corrected chi connectivity index (χ0v) is 10.4. The van der Waals surface area contributed by atoms with Gasteiger partial charge in [0.2, 0.25) is 0 Å². The predicted molar refractivity (Wildman–Crippen MR) is 65.0 cm³/mol. The van der Waals surface area contributed by atoms with Crippen molar-refractivity contribution >= 4 is 0 Å². The largest absolute Gasteiger partial charge is 0.377 e. The smallest absolute Gasteiger partial charge is 0.0970 e. The molecule has 1 unspecified atom stereocenters. The van der Waals surface area contributed by atoms with Gasteiger partial charge in [0.05, 0.1) is 19.4 Å². The van der Waals surface area contributed by atoms with Crippen LogP contribution >= 0.6 is 0 Å². The van der Waals surface area contributed by atoms with Crippen LogP contribution in [-0.4, -0.2) is 43.5 Å². The fourth-order valence-electron chi connectivity index (χ4n) is 2.63. The van der Waals surface area contributed by atoms with E-state index >= 15 is 0 Å². The molecule has 2 aliphatic rings. The molecule has 0 bridgehead atoms. The molecule has 0 radical (unpaired) electrons. The highest BCUT2D eigenvalue weighted by Crippen LogP contribution is 2.18. The Balaban J connectivity index is 1.80. The Hall–Kier alpha value is -0.160. The van der Waals surface area contributed by atoms with E-state index in [4.69, 9.17) is 4.74 Å². The molecule has 2 rings (SSSR count). The number of hydrogen-bond acceptors (Lipinski definition) is 4. The summed E-state index contributed by atoms with van der Waals surface area (Å²) in [5.74, 6) is 0. The van der Waals surface area contributed by atoms with Crippen molar-refractivity contribution in [3.8, 4) is 0 Å². The molecule has 1 aliphatic carbocycles. The molecular weight excluding hydrogens is 202 g/mol. The van der Waals surface area contributed by atoms with E-state index in [0.29, 0.717) is 12.2 Å². The summed E-state index contributed by atoms with van der Waals surface area (Å²) < 4.78 is 5.51. The lowest BCUT2D eigenvalue weighted by Crippen LogP contribution is -2.61. The van der Waals surface area contributed by atoms with Gasteiger partial charge in [0.25, 0.3) is 0 Å². The third-order valence-corrected chi connectivity index (χ3v) is 3.52. The van der Waals surface area contributed by atoms with Gasteiger partial charge in [-0.1, -0.05) is 26.2 Å². The Morgan fingerprint density at radius 2 is 2.06 bits per heavy atom. The van der Waals surface area contributed by atoms with Gasteiger partial charge in [0.15, 0.2) is 0 Å². The SMILES string of the molecule is CCNC1COCCN1NC1CCCCC1. The van der Waals surface area contributed by atoms with Crippen molar-refractivity contribution < 1.29 is 4.74 Å². The summed E-state index contributed by atoms with van der Waals surface area (Å²) in [5.41, 5.74) is 3.68. The number of hydrazine groups is 1. The van der Waals surface area contributed by atoms with Crippen LogP contribution in [0.3, 0.4) is 0 Å². The molecule has 1 saturated heterocycles. The third-order valence-electron chi connectivity index (χ3n) is 3.52. The minimum absolute atomic E-state index is 0.348. The van der Waals surface area contributed by atoms with Crippen molar-refractivity contribution in [2.45, 2.75) is 51.2 Å². The maximum atomic E-state index is 5.51. The van der Waals surface area contributed by atoms with Crippen molar-refractivity contribution in [2.24, 2.45) is 0 Å². The monoisotopic (exact) mass is 227 g/mol. The van der Waals surface area contributed by atoms with E-state index in [2.05, 4.69) is 22.7 Å². The van der Waals surface area contributed by atoms with E-state index in [9.17, 15) is 0 Å². The summed E-state index contributed by atoms with van der Waals surface area (Å²) in [6.45, 7) is 5.79. The molecule has 2 fully saturated rings. The molecule has 1 atom stereocenters. The Morgan fingerprint density at radius 1 is 1.25 bits per heavy atom. The van der Waals surface area contributed by atoms with Gasteiger partial charge >= 0.3 is 0 Å². The minimum Gasteiger partial charge on any atom is -0.377 e. The van der Waals surface area contributed by atoms with E-state index in [1.807, 2.05) is 0 Å². The Kier molecular flexibility index (Phi) is 5.03. The molecule has 4 nitrogen and oxygen atoms in total. The van der Waals surface area contributed by atoms with E-state index in [0.717, 1.165) is 26.3 Å². The van der Waals surface area contributed by atoms with Crippen LogP contribution in [0.2, 0.25) is 0 Å². The van der Waals surface area contributed by atoms with Crippen molar-refractivity contribution in [2.75, 3.05) is 26.3 Å². The van der Waals surface area contributed by atoms with Gasteiger partial charge in [0, 0.05) is 12.6 Å². The van der Waals surface area contributed by atoms with Crippen molar-refractivity contribution in [1.29, 1.82) is 0 Å². The Morgan fingerprint density at radius 3 is 2.81 bits per heavy atom. The van der Waals surface area contributed by atoms with Crippen molar-refractivity contribution in [3.63, 3.8) is 0 Å². The lowest BCUT2D eigenvalue weighted by atomic mass is 9.96. The van der Waals surface area contributed by atoms with Crippen LogP contribution in [0.4, 0.5) is 0 Å². The van der Waals surface area contributed by atoms with Crippen molar-refractivity contribution in [3.05, 3.63) is 0 Å². The second-order valence-electron chi connectivity index (χ2n) is 4.81. The summed E-state index contributed by atoms with van der Waals surface area (Å²) in [4.78, 5) is 0. The number of rotatable bonds is 4. The molecule has 0 spiro atoms.